The summed E-state index contributed by atoms with van der Waals surface area (Å²) in [5.41, 5.74) is 0.219. The van der Waals surface area contributed by atoms with Gasteiger partial charge in [-0.1, -0.05) is 6.07 Å². The molecular weight excluding hydrogens is 296 g/mol. The van der Waals surface area contributed by atoms with E-state index in [0.29, 0.717) is 0 Å². The van der Waals surface area contributed by atoms with Crippen molar-refractivity contribution in [2.75, 3.05) is 7.11 Å². The smallest absolute Gasteiger partial charge is 0.493 e. The molecule has 3 nitrogen and oxygen atoms in total. The Morgan fingerprint density at radius 2 is 1.83 bits per heavy atom. The molecule has 0 aliphatic heterocycles. The molecule has 0 fully saturated rings. The molecule has 0 aliphatic rings. The van der Waals surface area contributed by atoms with Gasteiger partial charge in [-0.2, -0.15) is 0 Å². The van der Waals surface area contributed by atoms with Gasteiger partial charge in [0.25, 0.3) is 0 Å². The first-order valence-electron chi connectivity index (χ1n) is 4.64. The van der Waals surface area contributed by atoms with Crippen LogP contribution >= 0.6 is 23.2 Å². The Bertz CT molecular complexity index is 410. The molecule has 8 heteroatoms. The van der Waals surface area contributed by atoms with Crippen molar-refractivity contribution < 1.29 is 27.8 Å². The van der Waals surface area contributed by atoms with E-state index in [2.05, 4.69) is 4.74 Å². The molecule has 1 N–H and O–H groups in total. The van der Waals surface area contributed by atoms with Crippen LogP contribution in [0.4, 0.5) is 13.2 Å². The molecule has 18 heavy (non-hydrogen) atoms. The number of benzene rings is 1. The van der Waals surface area contributed by atoms with Gasteiger partial charge in [0.05, 0.1) is 7.11 Å². The molecule has 0 aromatic heterocycles. The third kappa shape index (κ3) is 4.12. The molecular formula is C10H9Cl2F3O3. The van der Waals surface area contributed by atoms with Crippen molar-refractivity contribution >= 4 is 23.2 Å². The van der Waals surface area contributed by atoms with Gasteiger partial charge in [0.15, 0.2) is 11.5 Å². The summed E-state index contributed by atoms with van der Waals surface area (Å²) < 4.78 is 44.7. The number of methoxy groups -OCH3 is 1. The van der Waals surface area contributed by atoms with Gasteiger partial charge < -0.3 is 14.6 Å². The molecule has 1 atom stereocenters. The van der Waals surface area contributed by atoms with Crippen LogP contribution in [0, 0.1) is 0 Å². The molecule has 1 aromatic carbocycles. The fraction of sp³-hybridized carbons (Fsp3) is 0.400. The van der Waals surface area contributed by atoms with E-state index >= 15 is 0 Å². The van der Waals surface area contributed by atoms with E-state index in [1.54, 1.807) is 0 Å². The summed E-state index contributed by atoms with van der Waals surface area (Å²) in [5, 5.41) is 9.56. The highest BCUT2D eigenvalue weighted by Crippen LogP contribution is 2.35. The van der Waals surface area contributed by atoms with Crippen molar-refractivity contribution in [3.05, 3.63) is 23.8 Å². The summed E-state index contributed by atoms with van der Waals surface area (Å²) in [4.78, 5) is -1.11. The first kappa shape index (κ1) is 15.2. The van der Waals surface area contributed by atoms with Crippen molar-refractivity contribution in [1.82, 2.24) is 0 Å². The molecule has 1 unspecified atom stereocenters. The zero-order chi connectivity index (χ0) is 13.9. The standard InChI is InChI=1S/C10H9Cl2F3O3/c1-17-7-4-5(8(16)9(11)12)2-3-6(7)18-10(13,14)15/h2-4,8-9,16H,1H3. The van der Waals surface area contributed by atoms with Crippen LogP contribution in [0.15, 0.2) is 18.2 Å². The number of hydrogen-bond donors (Lipinski definition) is 1. The van der Waals surface area contributed by atoms with Crippen LogP contribution in [0.3, 0.4) is 0 Å². The average molecular weight is 305 g/mol. The molecule has 0 saturated heterocycles. The first-order valence-corrected chi connectivity index (χ1v) is 5.52. The molecule has 0 spiro atoms. The summed E-state index contributed by atoms with van der Waals surface area (Å²) in [5.74, 6) is -0.695. The lowest BCUT2D eigenvalue weighted by Gasteiger charge is -2.16. The summed E-state index contributed by atoms with van der Waals surface area (Å²) >= 11 is 10.9. The molecule has 1 aromatic rings. The molecule has 0 bridgehead atoms. The van der Waals surface area contributed by atoms with E-state index in [9.17, 15) is 18.3 Å². The van der Waals surface area contributed by atoms with E-state index in [-0.39, 0.29) is 11.3 Å². The van der Waals surface area contributed by atoms with Gasteiger partial charge in [-0.25, -0.2) is 0 Å². The Labute approximate surface area is 111 Å². The predicted molar refractivity (Wildman–Crippen MR) is 60.1 cm³/mol. The van der Waals surface area contributed by atoms with Crippen LogP contribution in [0.1, 0.15) is 11.7 Å². The molecule has 1 rings (SSSR count). The molecule has 102 valence electrons. The number of hydrogen-bond acceptors (Lipinski definition) is 3. The highest BCUT2D eigenvalue weighted by molar-refractivity contribution is 6.44. The molecule has 0 heterocycles. The largest absolute Gasteiger partial charge is 0.573 e. The van der Waals surface area contributed by atoms with Gasteiger partial charge in [0.2, 0.25) is 0 Å². The second-order valence-corrected chi connectivity index (χ2v) is 4.40. The van der Waals surface area contributed by atoms with Crippen LogP contribution in [0.2, 0.25) is 0 Å². The maximum absolute atomic E-state index is 12.1. The number of aliphatic hydroxyl groups is 1. The minimum atomic E-state index is -4.82. The van der Waals surface area contributed by atoms with Gasteiger partial charge in [0.1, 0.15) is 10.9 Å². The van der Waals surface area contributed by atoms with Crippen LogP contribution in [-0.4, -0.2) is 23.4 Å². The maximum Gasteiger partial charge on any atom is 0.573 e. The van der Waals surface area contributed by atoms with Crippen molar-refractivity contribution in [3.8, 4) is 11.5 Å². The van der Waals surface area contributed by atoms with Crippen molar-refractivity contribution in [2.24, 2.45) is 0 Å². The maximum atomic E-state index is 12.1. The Morgan fingerprint density at radius 3 is 2.28 bits per heavy atom. The number of ether oxygens (including phenoxy) is 2. The molecule has 0 radical (unpaired) electrons. The van der Waals surface area contributed by atoms with Crippen LogP contribution in [-0.2, 0) is 0 Å². The van der Waals surface area contributed by atoms with E-state index < -0.39 is 23.1 Å². The number of rotatable bonds is 4. The normalized spacial score (nSPS) is 13.6. The topological polar surface area (TPSA) is 38.7 Å². The van der Waals surface area contributed by atoms with Crippen molar-refractivity contribution in [1.29, 1.82) is 0 Å². The lowest BCUT2D eigenvalue weighted by Crippen LogP contribution is -2.17. The average Bonchev–Trinajstić information content (AvgIpc) is 2.26. The van der Waals surface area contributed by atoms with Crippen molar-refractivity contribution in [3.63, 3.8) is 0 Å². The highest BCUT2D eigenvalue weighted by atomic mass is 35.5. The number of halogens is 5. The monoisotopic (exact) mass is 304 g/mol. The van der Waals surface area contributed by atoms with E-state index in [4.69, 9.17) is 27.9 Å². The Hall–Kier alpha value is -0.850. The van der Waals surface area contributed by atoms with Crippen LogP contribution in [0.5, 0.6) is 11.5 Å². The lowest BCUT2D eigenvalue weighted by atomic mass is 10.1. The second kappa shape index (κ2) is 5.86. The Morgan fingerprint density at radius 1 is 1.22 bits per heavy atom. The van der Waals surface area contributed by atoms with Crippen LogP contribution in [0.25, 0.3) is 0 Å². The third-order valence-corrected chi connectivity index (χ3v) is 2.47. The zero-order valence-corrected chi connectivity index (χ0v) is 10.6. The van der Waals surface area contributed by atoms with Gasteiger partial charge in [-0.3, -0.25) is 0 Å². The predicted octanol–water partition coefficient (Wildman–Crippen LogP) is 3.43. The zero-order valence-electron chi connectivity index (χ0n) is 9.04. The summed E-state index contributed by atoms with van der Waals surface area (Å²) in [7, 11) is 1.17. The van der Waals surface area contributed by atoms with E-state index in [1.165, 1.54) is 19.2 Å². The van der Waals surface area contributed by atoms with Gasteiger partial charge in [-0.15, -0.1) is 36.4 Å². The van der Waals surface area contributed by atoms with Crippen LogP contribution < -0.4 is 9.47 Å². The molecule has 0 saturated carbocycles. The van der Waals surface area contributed by atoms with Crippen molar-refractivity contribution in [2.45, 2.75) is 17.3 Å². The van der Waals surface area contributed by atoms with E-state index in [0.717, 1.165) is 6.07 Å². The summed E-state index contributed by atoms with van der Waals surface area (Å²) in [6.45, 7) is 0. The second-order valence-electron chi connectivity index (χ2n) is 3.24. The fourth-order valence-electron chi connectivity index (χ4n) is 1.22. The molecule has 0 aliphatic carbocycles. The number of alkyl halides is 5. The summed E-state index contributed by atoms with van der Waals surface area (Å²) in [6, 6.07) is 3.40. The minimum Gasteiger partial charge on any atom is -0.493 e. The minimum absolute atomic E-state index is 0.183. The highest BCUT2D eigenvalue weighted by Gasteiger charge is 2.32. The lowest BCUT2D eigenvalue weighted by molar-refractivity contribution is -0.275. The SMILES string of the molecule is COc1cc(C(O)C(Cl)Cl)ccc1OC(F)(F)F. The quantitative estimate of drug-likeness (QED) is 0.866. The first-order chi connectivity index (χ1) is 8.24. The third-order valence-electron chi connectivity index (χ3n) is 1.99. The Kier molecular flexibility index (Phi) is 4.95. The van der Waals surface area contributed by atoms with E-state index in [1.807, 2.05) is 0 Å². The Balaban J connectivity index is 3.04. The fourth-order valence-corrected chi connectivity index (χ4v) is 1.51. The number of aliphatic hydroxyl groups excluding tert-OH is 1. The molecule has 0 amide bonds. The van der Waals surface area contributed by atoms with Gasteiger partial charge in [0, 0.05) is 0 Å². The van der Waals surface area contributed by atoms with Gasteiger partial charge >= 0.3 is 6.36 Å². The summed E-state index contributed by atoms with van der Waals surface area (Å²) in [6.07, 6.45) is -6.06. The van der Waals surface area contributed by atoms with Gasteiger partial charge in [-0.05, 0) is 17.7 Å².